The van der Waals surface area contributed by atoms with E-state index >= 15 is 0 Å². The van der Waals surface area contributed by atoms with Crippen LogP contribution in [0.4, 0.5) is 0 Å². The summed E-state index contributed by atoms with van der Waals surface area (Å²) in [4.78, 5) is 42.7. The Labute approximate surface area is 158 Å². The summed E-state index contributed by atoms with van der Waals surface area (Å²) in [5.74, 6) is -0.638. The first kappa shape index (κ1) is 19.0. The third-order valence-electron chi connectivity index (χ3n) is 5.33. The molecule has 0 radical (unpaired) electrons. The van der Waals surface area contributed by atoms with Crippen molar-refractivity contribution in [2.75, 3.05) is 13.1 Å². The van der Waals surface area contributed by atoms with E-state index < -0.39 is 5.41 Å². The maximum absolute atomic E-state index is 12.6. The molecule has 26 heavy (non-hydrogen) atoms. The van der Waals surface area contributed by atoms with Crippen LogP contribution in [0.5, 0.6) is 0 Å². The van der Waals surface area contributed by atoms with Crippen LogP contribution in [0.25, 0.3) is 0 Å². The van der Waals surface area contributed by atoms with Gasteiger partial charge in [0.25, 0.3) is 0 Å². The highest BCUT2D eigenvalue weighted by molar-refractivity contribution is 7.09. The molecule has 1 aromatic heterocycles. The predicted octanol–water partition coefficient (Wildman–Crippen LogP) is 2.42. The maximum atomic E-state index is 12.6. The molecule has 3 rings (SSSR count). The summed E-state index contributed by atoms with van der Waals surface area (Å²) >= 11 is 1.59. The number of hydrogen-bond acceptors (Lipinski definition) is 5. The van der Waals surface area contributed by atoms with Gasteiger partial charge in [-0.3, -0.25) is 19.3 Å². The minimum Gasteiger partial charge on any atom is -0.354 e. The van der Waals surface area contributed by atoms with Crippen molar-refractivity contribution in [3.05, 3.63) is 16.1 Å². The van der Waals surface area contributed by atoms with E-state index in [4.69, 9.17) is 0 Å². The van der Waals surface area contributed by atoms with Crippen molar-refractivity contribution < 1.29 is 14.4 Å². The lowest BCUT2D eigenvalue weighted by Crippen LogP contribution is -2.42. The van der Waals surface area contributed by atoms with Gasteiger partial charge >= 0.3 is 0 Å². The fourth-order valence-corrected chi connectivity index (χ4v) is 4.77. The summed E-state index contributed by atoms with van der Waals surface area (Å²) in [6.45, 7) is 6.65. The topological polar surface area (TPSA) is 79.4 Å². The van der Waals surface area contributed by atoms with Crippen molar-refractivity contribution in [2.24, 2.45) is 5.41 Å². The number of likely N-dealkylation sites (tertiary alicyclic amines) is 1. The first-order valence-corrected chi connectivity index (χ1v) is 10.2. The Morgan fingerprint density at radius 2 is 2.00 bits per heavy atom. The standard InChI is InChI=1S/C19H27N3O3S/c1-18(2,3)13-12-26-15(21-13)6-9-20-14(23)11-22-16(24)10-19(17(22)25)7-4-5-8-19/h12H,4-11H2,1-3H3,(H,20,23). The van der Waals surface area contributed by atoms with Crippen LogP contribution < -0.4 is 5.32 Å². The molecule has 142 valence electrons. The molecule has 2 heterocycles. The lowest BCUT2D eigenvalue weighted by Gasteiger charge is -2.20. The second-order valence-electron chi connectivity index (χ2n) is 8.43. The zero-order valence-electron chi connectivity index (χ0n) is 15.8. The van der Waals surface area contributed by atoms with E-state index in [9.17, 15) is 14.4 Å². The predicted molar refractivity (Wildman–Crippen MR) is 99.8 cm³/mol. The highest BCUT2D eigenvalue weighted by atomic mass is 32.1. The van der Waals surface area contributed by atoms with E-state index in [2.05, 4.69) is 36.5 Å². The van der Waals surface area contributed by atoms with Crippen molar-refractivity contribution in [1.82, 2.24) is 15.2 Å². The maximum Gasteiger partial charge on any atom is 0.240 e. The molecule has 1 aliphatic heterocycles. The minimum absolute atomic E-state index is 0.0185. The first-order chi connectivity index (χ1) is 12.2. The summed E-state index contributed by atoms with van der Waals surface area (Å²) in [5, 5.41) is 5.84. The van der Waals surface area contributed by atoms with Gasteiger partial charge in [-0.1, -0.05) is 33.6 Å². The lowest BCUT2D eigenvalue weighted by molar-refractivity contribution is -0.144. The monoisotopic (exact) mass is 377 g/mol. The van der Waals surface area contributed by atoms with Gasteiger partial charge in [-0.2, -0.15) is 0 Å². The molecule has 1 saturated heterocycles. The van der Waals surface area contributed by atoms with E-state index in [1.165, 1.54) is 0 Å². The Kier molecular flexibility index (Phi) is 5.19. The van der Waals surface area contributed by atoms with Gasteiger partial charge in [-0.05, 0) is 12.8 Å². The number of thiazole rings is 1. The Bertz CT molecular complexity index is 714. The largest absolute Gasteiger partial charge is 0.354 e. The number of carbonyl (C=O) groups excluding carboxylic acids is 3. The quantitative estimate of drug-likeness (QED) is 0.799. The van der Waals surface area contributed by atoms with Crippen molar-refractivity contribution in [3.63, 3.8) is 0 Å². The fraction of sp³-hybridized carbons (Fsp3) is 0.684. The van der Waals surface area contributed by atoms with E-state index in [1.54, 1.807) is 11.3 Å². The van der Waals surface area contributed by atoms with Crippen LogP contribution in [0.1, 0.15) is 63.6 Å². The molecular weight excluding hydrogens is 350 g/mol. The Morgan fingerprint density at radius 1 is 1.31 bits per heavy atom. The van der Waals surface area contributed by atoms with Crippen molar-refractivity contribution in [1.29, 1.82) is 0 Å². The number of imide groups is 1. The Hall–Kier alpha value is -1.76. The molecule has 0 unspecified atom stereocenters. The zero-order chi connectivity index (χ0) is 18.9. The van der Waals surface area contributed by atoms with E-state index in [-0.39, 0.29) is 36.1 Å². The molecule has 1 aromatic rings. The number of carbonyl (C=O) groups is 3. The van der Waals surface area contributed by atoms with Crippen LogP contribution in [0, 0.1) is 5.41 Å². The van der Waals surface area contributed by atoms with Gasteiger partial charge in [-0.15, -0.1) is 11.3 Å². The number of rotatable bonds is 5. The van der Waals surface area contributed by atoms with Crippen LogP contribution in [-0.2, 0) is 26.2 Å². The van der Waals surface area contributed by atoms with Crippen LogP contribution in [-0.4, -0.2) is 40.7 Å². The van der Waals surface area contributed by atoms with Gasteiger partial charge in [0.2, 0.25) is 17.7 Å². The molecule has 3 amide bonds. The summed E-state index contributed by atoms with van der Waals surface area (Å²) in [7, 11) is 0. The first-order valence-electron chi connectivity index (χ1n) is 9.28. The molecule has 0 bridgehead atoms. The molecule has 0 atom stereocenters. The summed E-state index contributed by atoms with van der Waals surface area (Å²) in [6.07, 6.45) is 4.45. The van der Waals surface area contributed by atoms with Gasteiger partial charge in [0.1, 0.15) is 6.54 Å². The lowest BCUT2D eigenvalue weighted by atomic mass is 9.84. The molecule has 2 fully saturated rings. The minimum atomic E-state index is -0.512. The van der Waals surface area contributed by atoms with Crippen LogP contribution in [0.2, 0.25) is 0 Å². The molecule has 1 N–H and O–H groups in total. The molecule has 1 spiro atoms. The SMILES string of the molecule is CC(C)(C)c1csc(CCNC(=O)CN2C(=O)CC3(CCCC3)C2=O)n1. The van der Waals surface area contributed by atoms with Crippen LogP contribution in [0.15, 0.2) is 5.38 Å². The normalized spacial score (nSPS) is 19.6. The van der Waals surface area contributed by atoms with E-state index in [0.717, 1.165) is 41.3 Å². The molecular formula is C19H27N3O3S. The molecule has 6 nitrogen and oxygen atoms in total. The molecule has 0 aromatic carbocycles. The van der Waals surface area contributed by atoms with Gasteiger partial charge in [-0.25, -0.2) is 4.98 Å². The summed E-state index contributed by atoms with van der Waals surface area (Å²) in [6, 6.07) is 0. The average Bonchev–Trinajstić information content (AvgIpc) is 3.25. The summed E-state index contributed by atoms with van der Waals surface area (Å²) in [5.41, 5.74) is 0.561. The number of aromatic nitrogens is 1. The highest BCUT2D eigenvalue weighted by Crippen LogP contribution is 2.46. The number of nitrogens with one attached hydrogen (secondary N) is 1. The van der Waals surface area contributed by atoms with Gasteiger partial charge in [0, 0.05) is 30.2 Å². The van der Waals surface area contributed by atoms with Crippen molar-refractivity contribution in [3.8, 4) is 0 Å². The number of amides is 3. The number of nitrogens with zero attached hydrogens (tertiary/aromatic N) is 2. The highest BCUT2D eigenvalue weighted by Gasteiger charge is 2.52. The van der Waals surface area contributed by atoms with E-state index in [1.807, 2.05) is 0 Å². The third-order valence-corrected chi connectivity index (χ3v) is 6.24. The van der Waals surface area contributed by atoms with Gasteiger partial charge in [0.15, 0.2) is 0 Å². The van der Waals surface area contributed by atoms with Gasteiger partial charge < -0.3 is 5.32 Å². The molecule has 2 aliphatic rings. The molecule has 7 heteroatoms. The molecule has 1 saturated carbocycles. The average molecular weight is 378 g/mol. The Balaban J connectivity index is 1.48. The van der Waals surface area contributed by atoms with Crippen molar-refractivity contribution in [2.45, 2.75) is 64.7 Å². The smallest absolute Gasteiger partial charge is 0.240 e. The third kappa shape index (κ3) is 3.82. The van der Waals surface area contributed by atoms with E-state index in [0.29, 0.717) is 13.0 Å². The van der Waals surface area contributed by atoms with Crippen LogP contribution >= 0.6 is 11.3 Å². The number of hydrogen-bond donors (Lipinski definition) is 1. The van der Waals surface area contributed by atoms with Gasteiger partial charge in [0.05, 0.1) is 16.1 Å². The summed E-state index contributed by atoms with van der Waals surface area (Å²) < 4.78 is 0. The molecule has 1 aliphatic carbocycles. The fourth-order valence-electron chi connectivity index (χ4n) is 3.74. The second kappa shape index (κ2) is 7.10. The Morgan fingerprint density at radius 3 is 2.62 bits per heavy atom. The second-order valence-corrected chi connectivity index (χ2v) is 9.37. The van der Waals surface area contributed by atoms with Crippen LogP contribution in [0.3, 0.4) is 0 Å². The zero-order valence-corrected chi connectivity index (χ0v) is 16.6. The van der Waals surface area contributed by atoms with Crippen molar-refractivity contribution >= 4 is 29.1 Å².